The monoisotopic (exact) mass is 307 g/mol. The minimum Gasteiger partial charge on any atom is -0.400 e. The Morgan fingerprint density at radius 1 is 1.19 bits per heavy atom. The fourth-order valence-electron chi connectivity index (χ4n) is 2.07. The van der Waals surface area contributed by atoms with Crippen molar-refractivity contribution in [2.75, 3.05) is 12.6 Å². The maximum Gasteiger partial charge on any atom is 0.160 e. The van der Waals surface area contributed by atoms with E-state index in [1.807, 2.05) is 30.3 Å². The lowest BCUT2D eigenvalue weighted by atomic mass is 9.93. The van der Waals surface area contributed by atoms with Gasteiger partial charge in [-0.15, -0.1) is 0 Å². The minimum atomic E-state index is -0.0998. The van der Waals surface area contributed by atoms with Gasteiger partial charge < -0.3 is 5.11 Å². The summed E-state index contributed by atoms with van der Waals surface area (Å²) in [7, 11) is 1.00. The first-order valence-corrected chi connectivity index (χ1v) is 6.68. The fourth-order valence-corrected chi connectivity index (χ4v) is 2.27. The largest absolute Gasteiger partial charge is 0.400 e. The Kier molecular flexibility index (Phi) is 6.37. The Bertz CT molecular complexity index is 627. The molecule has 4 nitrogen and oxygen atoms in total. The number of hydrogen-bond acceptors (Lipinski definition) is 4. The van der Waals surface area contributed by atoms with Crippen LogP contribution in [0.5, 0.6) is 0 Å². The van der Waals surface area contributed by atoms with Gasteiger partial charge in [-0.1, -0.05) is 41.9 Å². The highest BCUT2D eigenvalue weighted by Gasteiger charge is 2.18. The van der Waals surface area contributed by atoms with Gasteiger partial charge in [0.25, 0.3) is 0 Å². The molecule has 0 fully saturated rings. The molecule has 0 aliphatic rings. The van der Waals surface area contributed by atoms with Crippen LogP contribution in [0.4, 0.5) is 5.69 Å². The van der Waals surface area contributed by atoms with E-state index in [1.54, 1.807) is 13.0 Å². The summed E-state index contributed by atoms with van der Waals surface area (Å²) >= 11 is 6.10. The maximum atomic E-state index is 11.8. The third-order valence-electron chi connectivity index (χ3n) is 3.08. The predicted octanol–water partition coefficient (Wildman–Crippen LogP) is 3.93. The Labute approximate surface area is 129 Å². The van der Waals surface area contributed by atoms with E-state index >= 15 is 0 Å². The van der Waals surface area contributed by atoms with E-state index < -0.39 is 0 Å². The first-order chi connectivity index (χ1) is 10.1. The van der Waals surface area contributed by atoms with Crippen molar-refractivity contribution < 1.29 is 15.1 Å². The Balaban J connectivity index is 0.00000106. The molecule has 0 aliphatic heterocycles. The fraction of sp³-hybridized carbons (Fsp3) is 0.188. The van der Waals surface area contributed by atoms with Crippen molar-refractivity contribution in [3.05, 3.63) is 52.5 Å². The highest BCUT2D eigenvalue weighted by Crippen LogP contribution is 2.38. The Morgan fingerprint density at radius 2 is 1.76 bits per heavy atom. The van der Waals surface area contributed by atoms with Gasteiger partial charge in [0.1, 0.15) is 0 Å². The molecule has 112 valence electrons. The zero-order valence-electron chi connectivity index (χ0n) is 12.1. The van der Waals surface area contributed by atoms with Gasteiger partial charge in [0, 0.05) is 23.3 Å². The van der Waals surface area contributed by atoms with Crippen molar-refractivity contribution in [3.63, 3.8) is 0 Å². The number of aliphatic hydroxyl groups is 1. The van der Waals surface area contributed by atoms with Gasteiger partial charge in [-0.05, 0) is 31.0 Å². The van der Waals surface area contributed by atoms with Crippen LogP contribution in [-0.4, -0.2) is 23.2 Å². The molecule has 0 bridgehead atoms. The van der Waals surface area contributed by atoms with Gasteiger partial charge in [0.2, 0.25) is 0 Å². The van der Waals surface area contributed by atoms with Gasteiger partial charge >= 0.3 is 0 Å². The smallest absolute Gasteiger partial charge is 0.160 e. The van der Waals surface area contributed by atoms with Crippen LogP contribution in [0.2, 0.25) is 5.02 Å². The molecule has 0 radical (unpaired) electrons. The van der Waals surface area contributed by atoms with E-state index in [0.29, 0.717) is 27.4 Å². The maximum absolute atomic E-state index is 11.8. The van der Waals surface area contributed by atoms with Crippen LogP contribution >= 0.6 is 11.6 Å². The normalized spacial score (nSPS) is 9.62. The average molecular weight is 308 g/mol. The first kappa shape index (κ1) is 17.2. The number of carbonyl (C=O) groups excluding carboxylic acids is 1. The quantitative estimate of drug-likeness (QED) is 0.593. The summed E-state index contributed by atoms with van der Waals surface area (Å²) in [6.07, 6.45) is 0. The number of rotatable bonds is 3. The van der Waals surface area contributed by atoms with Crippen LogP contribution in [0.25, 0.3) is 11.1 Å². The molecule has 0 aliphatic carbocycles. The number of hydrogen-bond donors (Lipinski definition) is 3. The molecular weight excluding hydrogens is 290 g/mol. The molecule has 0 unspecified atom stereocenters. The second-order valence-corrected chi connectivity index (χ2v) is 4.72. The number of benzene rings is 2. The topological polar surface area (TPSA) is 69.6 Å². The molecule has 0 saturated carbocycles. The van der Waals surface area contributed by atoms with E-state index in [4.69, 9.17) is 16.7 Å². The number of ketones is 1. The molecule has 5 heteroatoms. The van der Waals surface area contributed by atoms with Crippen LogP contribution < -0.4 is 5.48 Å². The van der Waals surface area contributed by atoms with Crippen LogP contribution in [0.1, 0.15) is 22.8 Å². The first-order valence-electron chi connectivity index (χ1n) is 6.30. The predicted molar refractivity (Wildman–Crippen MR) is 85.2 cm³/mol. The van der Waals surface area contributed by atoms with Crippen molar-refractivity contribution in [1.29, 1.82) is 0 Å². The van der Waals surface area contributed by atoms with E-state index in [9.17, 15) is 10.0 Å². The molecule has 0 spiro atoms. The molecule has 2 aromatic carbocycles. The SMILES string of the molecule is CC(=O)c1cc(Cl)c(C)c(NO)c1-c1ccccc1.CO. The summed E-state index contributed by atoms with van der Waals surface area (Å²) in [5.74, 6) is -0.0998. The van der Waals surface area contributed by atoms with Crippen LogP contribution in [0.3, 0.4) is 0 Å². The summed E-state index contributed by atoms with van der Waals surface area (Å²) in [5.41, 5.74) is 5.33. The zero-order valence-corrected chi connectivity index (χ0v) is 12.9. The molecular formula is C16H18ClNO3. The molecule has 2 rings (SSSR count). The second kappa shape index (κ2) is 7.78. The number of halogens is 1. The summed E-state index contributed by atoms with van der Waals surface area (Å²) in [6.45, 7) is 3.27. The number of Topliss-reactive ketones (excluding diaryl/α,β-unsaturated/α-hetero) is 1. The zero-order chi connectivity index (χ0) is 16.0. The highest BCUT2D eigenvalue weighted by molar-refractivity contribution is 6.32. The average Bonchev–Trinajstić information content (AvgIpc) is 2.52. The molecule has 0 aromatic heterocycles. The standard InChI is InChI=1S/C15H14ClNO2.CH4O/c1-9-13(16)8-12(10(2)18)14(15(9)17-19)11-6-4-3-5-7-11;1-2/h3-8,17,19H,1-2H3;2H,1H3. The van der Waals surface area contributed by atoms with Gasteiger partial charge in [-0.25, -0.2) is 0 Å². The Hall–Kier alpha value is -1.88. The molecule has 2 aromatic rings. The molecule has 0 atom stereocenters. The lowest BCUT2D eigenvalue weighted by Gasteiger charge is -2.16. The van der Waals surface area contributed by atoms with Crippen molar-refractivity contribution in [2.45, 2.75) is 13.8 Å². The lowest BCUT2D eigenvalue weighted by Crippen LogP contribution is -2.04. The van der Waals surface area contributed by atoms with Crippen molar-refractivity contribution in [2.24, 2.45) is 0 Å². The number of nitrogens with one attached hydrogen (secondary N) is 1. The van der Waals surface area contributed by atoms with Crippen molar-refractivity contribution in [3.8, 4) is 11.1 Å². The van der Waals surface area contributed by atoms with E-state index in [-0.39, 0.29) is 5.78 Å². The molecule has 21 heavy (non-hydrogen) atoms. The number of anilines is 1. The van der Waals surface area contributed by atoms with Crippen LogP contribution in [0.15, 0.2) is 36.4 Å². The van der Waals surface area contributed by atoms with E-state index in [2.05, 4.69) is 5.48 Å². The lowest BCUT2D eigenvalue weighted by molar-refractivity contribution is 0.101. The van der Waals surface area contributed by atoms with Crippen LogP contribution in [0, 0.1) is 6.92 Å². The van der Waals surface area contributed by atoms with Gasteiger partial charge in [0.15, 0.2) is 5.78 Å². The summed E-state index contributed by atoms with van der Waals surface area (Å²) in [6, 6.07) is 11.1. The molecule has 0 saturated heterocycles. The van der Waals surface area contributed by atoms with E-state index in [0.717, 1.165) is 12.7 Å². The van der Waals surface area contributed by atoms with Gasteiger partial charge in [-0.2, -0.15) is 0 Å². The number of aliphatic hydroxyl groups excluding tert-OH is 1. The van der Waals surface area contributed by atoms with Crippen molar-refractivity contribution in [1.82, 2.24) is 0 Å². The molecule has 0 heterocycles. The summed E-state index contributed by atoms with van der Waals surface area (Å²) < 4.78 is 0. The second-order valence-electron chi connectivity index (χ2n) is 4.31. The highest BCUT2D eigenvalue weighted by atomic mass is 35.5. The molecule has 3 N–H and O–H groups in total. The minimum absolute atomic E-state index is 0.0998. The van der Waals surface area contributed by atoms with Gasteiger partial charge in [0.05, 0.1) is 5.69 Å². The van der Waals surface area contributed by atoms with E-state index in [1.165, 1.54) is 6.92 Å². The number of carbonyl (C=O) groups is 1. The summed E-state index contributed by atoms with van der Waals surface area (Å²) in [5, 5.41) is 16.8. The summed E-state index contributed by atoms with van der Waals surface area (Å²) in [4.78, 5) is 11.8. The third kappa shape index (κ3) is 3.61. The van der Waals surface area contributed by atoms with Crippen molar-refractivity contribution >= 4 is 23.1 Å². The van der Waals surface area contributed by atoms with Gasteiger partial charge in [-0.3, -0.25) is 15.5 Å². The third-order valence-corrected chi connectivity index (χ3v) is 3.47. The molecule has 0 amide bonds. The van der Waals surface area contributed by atoms with Crippen LogP contribution in [-0.2, 0) is 0 Å². The Morgan fingerprint density at radius 3 is 2.24 bits per heavy atom.